The Morgan fingerprint density at radius 1 is 0.846 bits per heavy atom. The Morgan fingerprint density at radius 3 is 2.08 bits per heavy atom. The average molecular weight is 357 g/mol. The summed E-state index contributed by atoms with van der Waals surface area (Å²) in [6.07, 6.45) is 20.9. The molecule has 0 nitrogen and oxygen atoms in total. The number of hydrogen-bond donors (Lipinski definition) is 0. The van der Waals surface area contributed by atoms with Crippen molar-refractivity contribution < 1.29 is 0 Å². The molecular weight excluding hydrogens is 312 g/mol. The van der Waals surface area contributed by atoms with Crippen molar-refractivity contribution in [1.82, 2.24) is 0 Å². The van der Waals surface area contributed by atoms with Crippen molar-refractivity contribution in [3.05, 3.63) is 59.3 Å². The number of allylic oxidation sites excluding steroid dienone is 9. The molecule has 26 heavy (non-hydrogen) atoms. The Morgan fingerprint density at radius 2 is 1.46 bits per heavy atom. The third-order valence-corrected chi connectivity index (χ3v) is 4.78. The summed E-state index contributed by atoms with van der Waals surface area (Å²) in [5.74, 6) is 0. The molecule has 148 valence electrons. The zero-order valence-electron chi connectivity index (χ0n) is 18.8. The lowest BCUT2D eigenvalue weighted by molar-refractivity contribution is 0.435. The van der Waals surface area contributed by atoms with Crippen LogP contribution in [0.25, 0.3) is 0 Å². The quantitative estimate of drug-likeness (QED) is 0.288. The van der Waals surface area contributed by atoms with Gasteiger partial charge in [0, 0.05) is 0 Å². The number of hydrogen-bond acceptors (Lipinski definition) is 0. The fraction of sp³-hybridized carbons (Fsp3) is 0.615. The molecular formula is C26H44. The zero-order chi connectivity index (χ0) is 20.0. The van der Waals surface area contributed by atoms with Crippen molar-refractivity contribution in [1.29, 1.82) is 0 Å². The molecule has 0 heterocycles. The van der Waals surface area contributed by atoms with Crippen LogP contribution in [0.1, 0.15) is 99.8 Å². The molecule has 0 N–H and O–H groups in total. The van der Waals surface area contributed by atoms with E-state index in [-0.39, 0.29) is 5.41 Å². The lowest BCUT2D eigenvalue weighted by atomic mass is 9.85. The van der Waals surface area contributed by atoms with Gasteiger partial charge in [-0.2, -0.15) is 0 Å². The first-order valence-electron chi connectivity index (χ1n) is 10.4. The van der Waals surface area contributed by atoms with E-state index >= 15 is 0 Å². The molecule has 0 spiro atoms. The Labute approximate surface area is 164 Å². The summed E-state index contributed by atoms with van der Waals surface area (Å²) in [6, 6.07) is 0. The normalized spacial score (nSPS) is 13.3. The third-order valence-electron chi connectivity index (χ3n) is 4.78. The van der Waals surface area contributed by atoms with E-state index in [0.29, 0.717) is 0 Å². The van der Waals surface area contributed by atoms with Gasteiger partial charge in [0.1, 0.15) is 0 Å². The first kappa shape index (κ1) is 24.7. The van der Waals surface area contributed by atoms with Crippen LogP contribution in [0.15, 0.2) is 59.3 Å². The highest BCUT2D eigenvalue weighted by Gasteiger charge is 2.13. The highest BCUT2D eigenvalue weighted by atomic mass is 14.2. The smallest absolute Gasteiger partial charge is 0.0139 e. The van der Waals surface area contributed by atoms with Crippen molar-refractivity contribution in [3.8, 4) is 0 Å². The monoisotopic (exact) mass is 356 g/mol. The van der Waals surface area contributed by atoms with E-state index in [9.17, 15) is 0 Å². The SMILES string of the molecule is C=C(C/C=C(\C)CCC=C(C)C)CCC(C)(C)/C=C/CC/C(C)=C\CC. The van der Waals surface area contributed by atoms with Crippen LogP contribution in [0.2, 0.25) is 0 Å². The van der Waals surface area contributed by atoms with Gasteiger partial charge in [-0.3, -0.25) is 0 Å². The van der Waals surface area contributed by atoms with Crippen LogP contribution in [-0.4, -0.2) is 0 Å². The molecule has 0 aliphatic rings. The van der Waals surface area contributed by atoms with E-state index in [0.717, 1.165) is 32.1 Å². The molecule has 0 aromatic heterocycles. The second-order valence-electron chi connectivity index (χ2n) is 8.71. The van der Waals surface area contributed by atoms with Gasteiger partial charge in [0.15, 0.2) is 0 Å². The number of rotatable bonds is 13. The molecule has 0 atom stereocenters. The minimum atomic E-state index is 0.257. The van der Waals surface area contributed by atoms with E-state index < -0.39 is 0 Å². The largest absolute Gasteiger partial charge is 0.0995 e. The minimum Gasteiger partial charge on any atom is -0.0995 e. The Hall–Kier alpha value is -1.30. The van der Waals surface area contributed by atoms with Crippen molar-refractivity contribution in [2.24, 2.45) is 5.41 Å². The van der Waals surface area contributed by atoms with Gasteiger partial charge in [0.05, 0.1) is 0 Å². The Bertz CT molecular complexity index is 516. The van der Waals surface area contributed by atoms with Crippen LogP contribution in [0.3, 0.4) is 0 Å². The van der Waals surface area contributed by atoms with Gasteiger partial charge < -0.3 is 0 Å². The molecule has 0 aromatic rings. The summed E-state index contributed by atoms with van der Waals surface area (Å²) >= 11 is 0. The molecule has 0 heteroatoms. The van der Waals surface area contributed by atoms with Gasteiger partial charge in [0.25, 0.3) is 0 Å². The molecule has 0 aliphatic heterocycles. The van der Waals surface area contributed by atoms with Gasteiger partial charge in [-0.1, -0.05) is 80.0 Å². The molecule has 0 radical (unpaired) electrons. The molecule has 0 fully saturated rings. The average Bonchev–Trinajstić information content (AvgIpc) is 2.55. The maximum Gasteiger partial charge on any atom is -0.0139 e. The predicted molar refractivity (Wildman–Crippen MR) is 122 cm³/mol. The van der Waals surface area contributed by atoms with Gasteiger partial charge in [-0.05, 0) is 84.5 Å². The van der Waals surface area contributed by atoms with E-state index in [1.807, 2.05) is 0 Å². The van der Waals surface area contributed by atoms with Crippen LogP contribution in [-0.2, 0) is 0 Å². The van der Waals surface area contributed by atoms with Crippen LogP contribution in [0.4, 0.5) is 0 Å². The Kier molecular flexibility index (Phi) is 13.2. The van der Waals surface area contributed by atoms with Crippen LogP contribution < -0.4 is 0 Å². The van der Waals surface area contributed by atoms with Crippen molar-refractivity contribution in [2.75, 3.05) is 0 Å². The van der Waals surface area contributed by atoms with Crippen LogP contribution in [0, 0.1) is 5.41 Å². The van der Waals surface area contributed by atoms with E-state index in [1.54, 1.807) is 0 Å². The summed E-state index contributed by atoms with van der Waals surface area (Å²) in [4.78, 5) is 0. The Balaban J connectivity index is 4.18. The molecule has 0 saturated carbocycles. The zero-order valence-corrected chi connectivity index (χ0v) is 18.8. The lowest BCUT2D eigenvalue weighted by Gasteiger charge is -2.20. The van der Waals surface area contributed by atoms with Crippen molar-refractivity contribution >= 4 is 0 Å². The molecule has 0 saturated heterocycles. The minimum absolute atomic E-state index is 0.257. The van der Waals surface area contributed by atoms with Gasteiger partial charge in [-0.25, -0.2) is 0 Å². The maximum atomic E-state index is 4.29. The molecule has 0 bridgehead atoms. The maximum absolute atomic E-state index is 4.29. The topological polar surface area (TPSA) is 0 Å². The second kappa shape index (κ2) is 13.8. The summed E-state index contributed by atoms with van der Waals surface area (Å²) in [6.45, 7) is 20.0. The lowest BCUT2D eigenvalue weighted by Crippen LogP contribution is -2.07. The standard InChI is InChI=1S/C26H44/c1-9-13-23(4)15-10-11-20-26(7,8)21-19-25(6)18-17-24(5)16-12-14-22(2)3/h11,13-14,17,20H,6,9-10,12,15-16,18-19,21H2,1-5,7-8H3/b20-11+,23-13-,24-17+. The summed E-state index contributed by atoms with van der Waals surface area (Å²) in [5.41, 5.74) is 6.02. The van der Waals surface area contributed by atoms with E-state index in [4.69, 9.17) is 0 Å². The predicted octanol–water partition coefficient (Wildman–Crippen LogP) is 9.12. The fourth-order valence-electron chi connectivity index (χ4n) is 2.86. The van der Waals surface area contributed by atoms with Crippen molar-refractivity contribution in [2.45, 2.75) is 99.8 Å². The molecule has 0 unspecified atom stereocenters. The first-order valence-corrected chi connectivity index (χ1v) is 10.4. The van der Waals surface area contributed by atoms with Crippen molar-refractivity contribution in [3.63, 3.8) is 0 Å². The molecule has 0 aliphatic carbocycles. The fourth-order valence-corrected chi connectivity index (χ4v) is 2.86. The first-order chi connectivity index (χ1) is 12.2. The van der Waals surface area contributed by atoms with E-state index in [1.165, 1.54) is 41.6 Å². The molecule has 0 rings (SSSR count). The molecule has 0 amide bonds. The highest BCUT2D eigenvalue weighted by molar-refractivity contribution is 5.10. The van der Waals surface area contributed by atoms with E-state index in [2.05, 4.69) is 85.4 Å². The summed E-state index contributed by atoms with van der Waals surface area (Å²) in [7, 11) is 0. The van der Waals surface area contributed by atoms with Gasteiger partial charge >= 0.3 is 0 Å². The van der Waals surface area contributed by atoms with Crippen LogP contribution in [0.5, 0.6) is 0 Å². The van der Waals surface area contributed by atoms with Gasteiger partial charge in [-0.15, -0.1) is 0 Å². The van der Waals surface area contributed by atoms with Gasteiger partial charge in [0.2, 0.25) is 0 Å². The summed E-state index contributed by atoms with van der Waals surface area (Å²) < 4.78 is 0. The second-order valence-corrected chi connectivity index (χ2v) is 8.71. The molecule has 0 aromatic carbocycles. The highest BCUT2D eigenvalue weighted by Crippen LogP contribution is 2.27. The summed E-state index contributed by atoms with van der Waals surface area (Å²) in [5, 5.41) is 0. The third kappa shape index (κ3) is 15.0. The van der Waals surface area contributed by atoms with Crippen LogP contribution >= 0.6 is 0 Å².